The van der Waals surface area contributed by atoms with Crippen molar-refractivity contribution < 1.29 is 24.2 Å². The number of hydrogen-bond donors (Lipinski definition) is 2. The molecule has 0 aliphatic heterocycles. The van der Waals surface area contributed by atoms with Gasteiger partial charge in [-0.25, -0.2) is 9.59 Å². The summed E-state index contributed by atoms with van der Waals surface area (Å²) >= 11 is 0. The highest BCUT2D eigenvalue weighted by molar-refractivity contribution is 6.39. The molecule has 0 aliphatic carbocycles. The second-order valence-corrected chi connectivity index (χ2v) is 6.11. The molecule has 0 rings (SSSR count). The summed E-state index contributed by atoms with van der Waals surface area (Å²) in [6.45, 7) is 7.03. The molecular formula is C14H24O5Si. The van der Waals surface area contributed by atoms with E-state index in [1.807, 2.05) is 13.8 Å². The average molecular weight is 300 g/mol. The lowest BCUT2D eigenvalue weighted by Crippen LogP contribution is -2.12. The van der Waals surface area contributed by atoms with Crippen molar-refractivity contribution in [3.8, 4) is 0 Å². The first-order chi connectivity index (χ1) is 9.34. The molecule has 0 spiro atoms. The summed E-state index contributed by atoms with van der Waals surface area (Å²) in [7, 11) is -1.24. The molecule has 0 aromatic heterocycles. The van der Waals surface area contributed by atoms with E-state index >= 15 is 0 Å². The van der Waals surface area contributed by atoms with Crippen molar-refractivity contribution in [1.29, 1.82) is 0 Å². The van der Waals surface area contributed by atoms with Crippen LogP contribution < -0.4 is 0 Å². The minimum Gasteiger partial charge on any atom is -0.548 e. The summed E-state index contributed by atoms with van der Waals surface area (Å²) in [5, 5.41) is 18.9. The largest absolute Gasteiger partial charge is 0.548 e. The van der Waals surface area contributed by atoms with Crippen LogP contribution in [-0.2, 0) is 14.0 Å². The molecule has 0 bridgehead atoms. The number of hydrogen-bond acceptors (Lipinski definition) is 3. The molecule has 20 heavy (non-hydrogen) atoms. The lowest BCUT2D eigenvalue weighted by Gasteiger charge is -2.15. The van der Waals surface area contributed by atoms with Gasteiger partial charge in [-0.2, -0.15) is 0 Å². The second-order valence-electron chi connectivity index (χ2n) is 4.68. The first-order valence-corrected chi connectivity index (χ1v) is 8.11. The maximum absolute atomic E-state index is 11.0. The van der Waals surface area contributed by atoms with Crippen LogP contribution in [0, 0.1) is 0 Å². The molecule has 0 saturated carbocycles. The Morgan fingerprint density at radius 1 is 0.950 bits per heavy atom. The molecule has 0 saturated heterocycles. The van der Waals surface area contributed by atoms with Crippen molar-refractivity contribution >= 4 is 21.7 Å². The van der Waals surface area contributed by atoms with Gasteiger partial charge in [0, 0.05) is 12.0 Å². The molecule has 0 radical (unpaired) electrons. The van der Waals surface area contributed by atoms with E-state index in [0.717, 1.165) is 18.0 Å². The lowest BCUT2D eigenvalue weighted by atomic mass is 10.2. The molecule has 114 valence electrons. The number of carbonyl (C=O) groups is 2. The molecule has 0 atom stereocenters. The number of allylic oxidation sites excluding steroid dienone is 2. The van der Waals surface area contributed by atoms with Crippen LogP contribution in [0.15, 0.2) is 22.1 Å². The monoisotopic (exact) mass is 300 g/mol. The summed E-state index contributed by atoms with van der Waals surface area (Å²) in [5.41, 5.74) is 0.547. The summed E-state index contributed by atoms with van der Waals surface area (Å²) in [4.78, 5) is 22.0. The molecule has 2 N–H and O–H groups in total. The highest BCUT2D eigenvalue weighted by atomic mass is 28.2. The van der Waals surface area contributed by atoms with E-state index in [9.17, 15) is 9.59 Å². The predicted octanol–water partition coefficient (Wildman–Crippen LogP) is 2.40. The van der Waals surface area contributed by atoms with Crippen LogP contribution in [0.4, 0.5) is 0 Å². The van der Waals surface area contributed by atoms with E-state index in [-0.39, 0.29) is 5.57 Å². The minimum atomic E-state index is -1.24. The minimum absolute atomic E-state index is 0.211. The third-order valence-corrected chi connectivity index (χ3v) is 4.76. The highest BCUT2D eigenvalue weighted by Crippen LogP contribution is 2.17. The Morgan fingerprint density at radius 2 is 1.45 bits per heavy atom. The van der Waals surface area contributed by atoms with Crippen LogP contribution in [0.25, 0.3) is 0 Å². The standard InChI is InChI=1S/C14H24O5Si/c1-5-7-11(9(3)13(15)16)19-20-12(8-6-2)10(4)14(17)18/h5-8,20H2,1-4H3,(H,15,16)(H,17,18). The van der Waals surface area contributed by atoms with Crippen LogP contribution in [0.2, 0.25) is 0 Å². The summed E-state index contributed by atoms with van der Waals surface area (Å²) in [6, 6.07) is 0. The smallest absolute Gasteiger partial charge is 0.334 e. The maximum atomic E-state index is 11.0. The zero-order valence-corrected chi connectivity index (χ0v) is 14.1. The van der Waals surface area contributed by atoms with E-state index in [1.165, 1.54) is 6.92 Å². The fourth-order valence-corrected chi connectivity index (χ4v) is 3.28. The van der Waals surface area contributed by atoms with Crippen LogP contribution >= 0.6 is 0 Å². The van der Waals surface area contributed by atoms with Crippen molar-refractivity contribution in [2.24, 2.45) is 0 Å². The van der Waals surface area contributed by atoms with Gasteiger partial charge in [-0.1, -0.05) is 20.3 Å². The molecule has 0 fully saturated rings. The Hall–Kier alpha value is -1.56. The van der Waals surface area contributed by atoms with Gasteiger partial charge in [0.25, 0.3) is 0 Å². The molecule has 0 amide bonds. The first-order valence-electron chi connectivity index (χ1n) is 6.82. The third kappa shape index (κ3) is 6.05. The van der Waals surface area contributed by atoms with E-state index in [0.29, 0.717) is 24.2 Å². The molecule has 0 aromatic rings. The number of rotatable bonds is 9. The third-order valence-electron chi connectivity index (χ3n) is 3.04. The summed E-state index contributed by atoms with van der Waals surface area (Å²) in [6.07, 6.45) is 2.90. The predicted molar refractivity (Wildman–Crippen MR) is 80.1 cm³/mol. The summed E-state index contributed by atoms with van der Waals surface area (Å²) in [5.74, 6) is -1.43. The molecule has 0 unspecified atom stereocenters. The molecule has 0 aromatic carbocycles. The first kappa shape index (κ1) is 18.4. The van der Waals surface area contributed by atoms with E-state index in [1.54, 1.807) is 6.92 Å². The Kier molecular flexibility index (Phi) is 8.63. The Morgan fingerprint density at radius 3 is 1.85 bits per heavy atom. The molecule has 5 nitrogen and oxygen atoms in total. The van der Waals surface area contributed by atoms with E-state index in [2.05, 4.69) is 0 Å². The maximum Gasteiger partial charge on any atom is 0.334 e. The normalized spacial score (nSPS) is 14.0. The fraction of sp³-hybridized carbons (Fsp3) is 0.571. The quantitative estimate of drug-likeness (QED) is 0.388. The van der Waals surface area contributed by atoms with Gasteiger partial charge >= 0.3 is 11.9 Å². The molecule has 0 aliphatic rings. The lowest BCUT2D eigenvalue weighted by molar-refractivity contribution is -0.133. The van der Waals surface area contributed by atoms with Crippen LogP contribution in [0.1, 0.15) is 53.4 Å². The molecular weight excluding hydrogens is 276 g/mol. The topological polar surface area (TPSA) is 83.8 Å². The number of carboxylic acids is 2. The SMILES string of the molecule is CCCC(O[SiH2]C(CCC)=C(C)C(=O)O)=C(C)C(=O)O. The van der Waals surface area contributed by atoms with Crippen LogP contribution in [0.3, 0.4) is 0 Å². The zero-order chi connectivity index (χ0) is 15.7. The summed E-state index contributed by atoms with van der Waals surface area (Å²) < 4.78 is 5.71. The Bertz CT molecular complexity index is 383. The number of carboxylic acid groups (broad SMARTS) is 2. The van der Waals surface area contributed by atoms with Gasteiger partial charge in [-0.3, -0.25) is 0 Å². The van der Waals surface area contributed by atoms with Gasteiger partial charge in [0.2, 0.25) is 9.76 Å². The van der Waals surface area contributed by atoms with Gasteiger partial charge in [0.1, 0.15) is 0 Å². The van der Waals surface area contributed by atoms with E-state index < -0.39 is 21.7 Å². The number of aliphatic carboxylic acids is 2. The van der Waals surface area contributed by atoms with Gasteiger partial charge in [-0.05, 0) is 31.9 Å². The molecule has 0 heterocycles. The van der Waals surface area contributed by atoms with Crippen molar-refractivity contribution in [3.05, 3.63) is 22.1 Å². The average Bonchev–Trinajstić information content (AvgIpc) is 2.39. The second kappa shape index (κ2) is 9.36. The van der Waals surface area contributed by atoms with Crippen molar-refractivity contribution in [1.82, 2.24) is 0 Å². The van der Waals surface area contributed by atoms with Gasteiger partial charge < -0.3 is 14.6 Å². The van der Waals surface area contributed by atoms with Gasteiger partial charge in [0.05, 0.1) is 11.3 Å². The highest BCUT2D eigenvalue weighted by Gasteiger charge is 2.14. The Balaban J connectivity index is 5.08. The Labute approximate surface area is 122 Å². The fourth-order valence-electron chi connectivity index (χ4n) is 1.71. The van der Waals surface area contributed by atoms with E-state index in [4.69, 9.17) is 14.6 Å². The van der Waals surface area contributed by atoms with Gasteiger partial charge in [0.15, 0.2) is 0 Å². The van der Waals surface area contributed by atoms with Crippen molar-refractivity contribution in [2.75, 3.05) is 0 Å². The van der Waals surface area contributed by atoms with Crippen LogP contribution in [-0.4, -0.2) is 31.9 Å². The van der Waals surface area contributed by atoms with Crippen LogP contribution in [0.5, 0.6) is 0 Å². The van der Waals surface area contributed by atoms with Gasteiger partial charge in [-0.15, -0.1) is 0 Å². The van der Waals surface area contributed by atoms with Crippen molar-refractivity contribution in [2.45, 2.75) is 53.4 Å². The van der Waals surface area contributed by atoms with Crippen molar-refractivity contribution in [3.63, 3.8) is 0 Å². The molecule has 6 heteroatoms. The zero-order valence-electron chi connectivity index (χ0n) is 12.7.